The SMILES string of the molecule is Cc1cc(NC(=O)C(=O)NC[C@]2(O)CCc3ccccc32)no1. The zero-order valence-electron chi connectivity index (χ0n) is 12.6. The molecule has 23 heavy (non-hydrogen) atoms. The van der Waals surface area contributed by atoms with Crippen LogP contribution in [0, 0.1) is 6.92 Å². The van der Waals surface area contributed by atoms with E-state index in [0.29, 0.717) is 12.2 Å². The highest BCUT2D eigenvalue weighted by Gasteiger charge is 2.37. The summed E-state index contributed by atoms with van der Waals surface area (Å²) in [6, 6.07) is 9.06. The minimum atomic E-state index is -1.14. The first-order chi connectivity index (χ1) is 11.0. The second-order valence-corrected chi connectivity index (χ2v) is 5.65. The molecule has 0 saturated heterocycles. The molecule has 0 aliphatic heterocycles. The van der Waals surface area contributed by atoms with E-state index in [1.807, 2.05) is 24.3 Å². The second kappa shape index (κ2) is 5.85. The number of aromatic nitrogens is 1. The molecule has 7 heteroatoms. The molecule has 2 amide bonds. The Morgan fingerprint density at radius 3 is 2.87 bits per heavy atom. The second-order valence-electron chi connectivity index (χ2n) is 5.65. The van der Waals surface area contributed by atoms with Crippen LogP contribution in [0.1, 0.15) is 23.3 Å². The number of hydrogen-bond acceptors (Lipinski definition) is 5. The van der Waals surface area contributed by atoms with Crippen LogP contribution in [-0.2, 0) is 21.6 Å². The minimum Gasteiger partial charge on any atom is -0.383 e. The van der Waals surface area contributed by atoms with E-state index in [1.165, 1.54) is 6.07 Å². The predicted molar refractivity (Wildman–Crippen MR) is 81.5 cm³/mol. The molecule has 3 rings (SSSR count). The van der Waals surface area contributed by atoms with Crippen molar-refractivity contribution in [2.24, 2.45) is 0 Å². The van der Waals surface area contributed by atoms with Gasteiger partial charge in [-0.15, -0.1) is 0 Å². The molecule has 0 unspecified atom stereocenters. The molecule has 0 radical (unpaired) electrons. The average Bonchev–Trinajstić information content (AvgIpc) is 3.10. The van der Waals surface area contributed by atoms with Gasteiger partial charge >= 0.3 is 11.8 Å². The summed E-state index contributed by atoms with van der Waals surface area (Å²) < 4.78 is 4.81. The van der Waals surface area contributed by atoms with Crippen LogP contribution in [0.25, 0.3) is 0 Å². The molecule has 2 aromatic rings. The van der Waals surface area contributed by atoms with Crippen molar-refractivity contribution in [1.29, 1.82) is 0 Å². The standard InChI is InChI=1S/C16H17N3O4/c1-10-8-13(19-23-10)18-15(21)14(20)17-9-16(22)7-6-11-4-2-3-5-12(11)16/h2-5,8,22H,6-7,9H2,1H3,(H,17,20)(H,18,19,21)/t16-/m1/s1. The van der Waals surface area contributed by atoms with Crippen LogP contribution in [0.2, 0.25) is 0 Å². The highest BCUT2D eigenvalue weighted by atomic mass is 16.5. The van der Waals surface area contributed by atoms with Crippen LogP contribution in [0.3, 0.4) is 0 Å². The molecule has 120 valence electrons. The van der Waals surface area contributed by atoms with Crippen molar-refractivity contribution in [3.63, 3.8) is 0 Å². The van der Waals surface area contributed by atoms with Gasteiger partial charge in [-0.3, -0.25) is 14.9 Å². The first-order valence-electron chi connectivity index (χ1n) is 7.31. The Kier molecular flexibility index (Phi) is 3.87. The third-order valence-corrected chi connectivity index (χ3v) is 3.94. The van der Waals surface area contributed by atoms with E-state index in [4.69, 9.17) is 4.52 Å². The zero-order valence-corrected chi connectivity index (χ0v) is 12.6. The molecular formula is C16H17N3O4. The van der Waals surface area contributed by atoms with Crippen molar-refractivity contribution < 1.29 is 19.2 Å². The van der Waals surface area contributed by atoms with E-state index < -0.39 is 17.4 Å². The minimum absolute atomic E-state index is 0.0197. The monoisotopic (exact) mass is 315 g/mol. The van der Waals surface area contributed by atoms with Gasteiger partial charge < -0.3 is 14.9 Å². The number of nitrogens with one attached hydrogen (secondary N) is 2. The first kappa shape index (κ1) is 15.2. The summed E-state index contributed by atoms with van der Waals surface area (Å²) in [6.07, 6.45) is 1.25. The van der Waals surface area contributed by atoms with Gasteiger partial charge in [0.25, 0.3) is 0 Å². The smallest absolute Gasteiger partial charge is 0.314 e. The summed E-state index contributed by atoms with van der Waals surface area (Å²) in [5, 5.41) is 19.1. The molecule has 0 saturated carbocycles. The number of nitrogens with zero attached hydrogens (tertiary/aromatic N) is 1. The van der Waals surface area contributed by atoms with Crippen molar-refractivity contribution in [2.45, 2.75) is 25.4 Å². The van der Waals surface area contributed by atoms with Crippen molar-refractivity contribution in [3.05, 3.63) is 47.2 Å². The van der Waals surface area contributed by atoms with Gasteiger partial charge in [-0.1, -0.05) is 29.4 Å². The number of amides is 2. The molecule has 1 atom stereocenters. The maximum Gasteiger partial charge on any atom is 0.314 e. The number of fused-ring (bicyclic) bond motifs is 1. The van der Waals surface area contributed by atoms with E-state index in [-0.39, 0.29) is 12.4 Å². The third kappa shape index (κ3) is 3.09. The third-order valence-electron chi connectivity index (χ3n) is 3.94. The first-order valence-corrected chi connectivity index (χ1v) is 7.31. The van der Waals surface area contributed by atoms with E-state index in [0.717, 1.165) is 17.5 Å². The Balaban J connectivity index is 1.60. The lowest BCUT2D eigenvalue weighted by Gasteiger charge is -2.24. The molecule has 1 aliphatic carbocycles. The quantitative estimate of drug-likeness (QED) is 0.729. The fraction of sp³-hybridized carbons (Fsp3) is 0.312. The Labute approximate surface area is 132 Å². The molecule has 1 aromatic carbocycles. The Bertz CT molecular complexity index is 755. The van der Waals surface area contributed by atoms with E-state index >= 15 is 0 Å². The van der Waals surface area contributed by atoms with E-state index in [9.17, 15) is 14.7 Å². The van der Waals surface area contributed by atoms with Gasteiger partial charge in [0, 0.05) is 6.07 Å². The average molecular weight is 315 g/mol. The number of rotatable bonds is 3. The van der Waals surface area contributed by atoms with Crippen molar-refractivity contribution in [2.75, 3.05) is 11.9 Å². The van der Waals surface area contributed by atoms with Crippen LogP contribution >= 0.6 is 0 Å². The fourth-order valence-corrected chi connectivity index (χ4v) is 2.76. The highest BCUT2D eigenvalue weighted by Crippen LogP contribution is 2.36. The lowest BCUT2D eigenvalue weighted by atomic mass is 9.96. The Morgan fingerprint density at radius 1 is 1.35 bits per heavy atom. The van der Waals surface area contributed by atoms with E-state index in [1.54, 1.807) is 6.92 Å². The zero-order chi connectivity index (χ0) is 16.4. The largest absolute Gasteiger partial charge is 0.383 e. The van der Waals surface area contributed by atoms with Crippen LogP contribution in [0.5, 0.6) is 0 Å². The summed E-state index contributed by atoms with van der Waals surface area (Å²) >= 11 is 0. The summed E-state index contributed by atoms with van der Waals surface area (Å²) in [5.41, 5.74) is 0.719. The number of anilines is 1. The number of aliphatic hydroxyl groups is 1. The topological polar surface area (TPSA) is 104 Å². The fourth-order valence-electron chi connectivity index (χ4n) is 2.76. The van der Waals surface area contributed by atoms with Gasteiger partial charge in [-0.05, 0) is 30.9 Å². The summed E-state index contributed by atoms with van der Waals surface area (Å²) in [5.74, 6) is -0.984. The van der Waals surface area contributed by atoms with Gasteiger partial charge in [0.05, 0.1) is 6.54 Å². The summed E-state index contributed by atoms with van der Waals surface area (Å²) in [6.45, 7) is 1.66. The van der Waals surface area contributed by atoms with Gasteiger partial charge in [-0.25, -0.2) is 0 Å². The molecule has 1 aromatic heterocycles. The molecule has 0 spiro atoms. The number of carbonyl (C=O) groups excluding carboxylic acids is 2. The molecule has 1 aliphatic rings. The van der Waals surface area contributed by atoms with Crippen LogP contribution < -0.4 is 10.6 Å². The number of aryl methyl sites for hydroxylation is 2. The van der Waals surface area contributed by atoms with Gasteiger partial charge in [-0.2, -0.15) is 0 Å². The number of hydrogen-bond donors (Lipinski definition) is 3. The van der Waals surface area contributed by atoms with Crippen LogP contribution in [0.15, 0.2) is 34.9 Å². The maximum absolute atomic E-state index is 11.9. The molecule has 0 fully saturated rings. The normalized spacial score (nSPS) is 19.2. The van der Waals surface area contributed by atoms with Crippen molar-refractivity contribution in [3.8, 4) is 0 Å². The highest BCUT2D eigenvalue weighted by molar-refractivity contribution is 6.39. The Morgan fingerprint density at radius 2 is 2.13 bits per heavy atom. The van der Waals surface area contributed by atoms with Gasteiger partial charge in [0.15, 0.2) is 5.82 Å². The van der Waals surface area contributed by atoms with Crippen LogP contribution in [-0.4, -0.2) is 28.6 Å². The lowest BCUT2D eigenvalue weighted by Crippen LogP contribution is -2.43. The number of carbonyl (C=O) groups is 2. The van der Waals surface area contributed by atoms with Gasteiger partial charge in [0.2, 0.25) is 0 Å². The van der Waals surface area contributed by atoms with Crippen LogP contribution in [0.4, 0.5) is 5.82 Å². The summed E-state index contributed by atoms with van der Waals surface area (Å²) in [4.78, 5) is 23.7. The molecule has 7 nitrogen and oxygen atoms in total. The maximum atomic E-state index is 11.9. The molecule has 0 bridgehead atoms. The Hall–Kier alpha value is -2.67. The molecule has 1 heterocycles. The number of benzene rings is 1. The van der Waals surface area contributed by atoms with Gasteiger partial charge in [0.1, 0.15) is 11.4 Å². The molecule has 3 N–H and O–H groups in total. The van der Waals surface area contributed by atoms with E-state index in [2.05, 4.69) is 15.8 Å². The molecular weight excluding hydrogens is 298 g/mol. The van der Waals surface area contributed by atoms with Crippen molar-refractivity contribution in [1.82, 2.24) is 10.5 Å². The van der Waals surface area contributed by atoms with Crippen molar-refractivity contribution >= 4 is 17.6 Å². The lowest BCUT2D eigenvalue weighted by molar-refractivity contribution is -0.136. The predicted octanol–water partition coefficient (Wildman–Crippen LogP) is 0.872. The summed E-state index contributed by atoms with van der Waals surface area (Å²) in [7, 11) is 0.